The number of carbonyl (C=O) groups excluding carboxylic acids is 2. The summed E-state index contributed by atoms with van der Waals surface area (Å²) in [5, 5.41) is 5.65. The van der Waals surface area contributed by atoms with Crippen molar-refractivity contribution in [3.05, 3.63) is 0 Å². The maximum atomic E-state index is 11.5. The number of carbonyl (C=O) groups is 2. The van der Waals surface area contributed by atoms with E-state index < -0.39 is 0 Å². The van der Waals surface area contributed by atoms with Crippen molar-refractivity contribution in [3.63, 3.8) is 0 Å². The van der Waals surface area contributed by atoms with Crippen LogP contribution in [0.5, 0.6) is 0 Å². The number of hydrogen-bond donors (Lipinski definition) is 2. The lowest BCUT2D eigenvalue weighted by atomic mass is 10.2. The molecule has 0 saturated carbocycles. The van der Waals surface area contributed by atoms with Crippen LogP contribution in [0, 0.1) is 0 Å². The number of nitrogens with zero attached hydrogens (tertiary/aromatic N) is 2. The summed E-state index contributed by atoms with van der Waals surface area (Å²) >= 11 is 0. The molecule has 0 radical (unpaired) electrons. The molecule has 0 aliphatic heterocycles. The van der Waals surface area contributed by atoms with Crippen molar-refractivity contribution >= 4 is 11.8 Å². The fraction of sp³-hybridized carbons (Fsp3) is 0.857. The molecule has 0 heterocycles. The van der Waals surface area contributed by atoms with Gasteiger partial charge < -0.3 is 20.4 Å². The van der Waals surface area contributed by atoms with Crippen LogP contribution in [0.4, 0.5) is 0 Å². The second kappa shape index (κ2) is 11.7. The van der Waals surface area contributed by atoms with E-state index in [0.29, 0.717) is 13.1 Å². The first-order valence-electron chi connectivity index (χ1n) is 7.24. The number of nitrogens with one attached hydrogen (secondary N) is 2. The lowest BCUT2D eigenvalue weighted by Crippen LogP contribution is -2.30. The van der Waals surface area contributed by atoms with Crippen LogP contribution >= 0.6 is 0 Å². The molecule has 6 nitrogen and oxygen atoms in total. The van der Waals surface area contributed by atoms with E-state index in [9.17, 15) is 9.59 Å². The summed E-state index contributed by atoms with van der Waals surface area (Å²) < 4.78 is 0. The number of hydrogen-bond acceptors (Lipinski definition) is 4. The summed E-state index contributed by atoms with van der Waals surface area (Å²) in [6.45, 7) is 3.24. The summed E-state index contributed by atoms with van der Waals surface area (Å²) in [5.74, 6) is -0.0978. The summed E-state index contributed by atoms with van der Waals surface area (Å²) in [7, 11) is 8.01. The smallest absolute Gasteiger partial charge is 0.220 e. The Morgan fingerprint density at radius 3 is 1.40 bits per heavy atom. The molecule has 0 atom stereocenters. The molecular formula is C14H30N4O2. The van der Waals surface area contributed by atoms with E-state index in [4.69, 9.17) is 0 Å². The van der Waals surface area contributed by atoms with E-state index in [-0.39, 0.29) is 24.7 Å². The minimum Gasteiger partial charge on any atom is -0.356 e. The van der Waals surface area contributed by atoms with Crippen LogP contribution in [0.1, 0.15) is 25.7 Å². The normalized spacial score (nSPS) is 10.9. The van der Waals surface area contributed by atoms with Crippen LogP contribution < -0.4 is 10.6 Å². The fourth-order valence-corrected chi connectivity index (χ4v) is 1.65. The van der Waals surface area contributed by atoms with E-state index in [2.05, 4.69) is 20.4 Å². The topological polar surface area (TPSA) is 64.7 Å². The van der Waals surface area contributed by atoms with Crippen LogP contribution in [0.15, 0.2) is 0 Å². The van der Waals surface area contributed by atoms with Crippen LogP contribution in [0.25, 0.3) is 0 Å². The molecule has 0 spiro atoms. The largest absolute Gasteiger partial charge is 0.356 e. The highest BCUT2D eigenvalue weighted by atomic mass is 16.2. The molecule has 0 aromatic heterocycles. The lowest BCUT2D eigenvalue weighted by molar-refractivity contribution is -0.126. The van der Waals surface area contributed by atoms with Crippen LogP contribution in [0.2, 0.25) is 0 Å². The molecule has 0 unspecified atom stereocenters. The van der Waals surface area contributed by atoms with Gasteiger partial charge in [-0.2, -0.15) is 0 Å². The molecule has 0 bridgehead atoms. The summed E-state index contributed by atoms with van der Waals surface area (Å²) in [6, 6.07) is 0. The van der Waals surface area contributed by atoms with Crippen LogP contribution in [-0.2, 0) is 9.59 Å². The van der Waals surface area contributed by atoms with E-state index >= 15 is 0 Å². The van der Waals surface area contributed by atoms with Crippen molar-refractivity contribution in [2.45, 2.75) is 25.7 Å². The Kier molecular flexibility index (Phi) is 11.0. The third-order valence-electron chi connectivity index (χ3n) is 2.79. The standard InChI is InChI=1S/C14H30N4O2/c1-17(2)11-5-9-15-13(19)7-8-14(20)16-10-6-12-18(3)4/h5-12H2,1-4H3,(H,15,19)(H,16,20). The predicted molar refractivity (Wildman–Crippen MR) is 81.6 cm³/mol. The van der Waals surface area contributed by atoms with Crippen LogP contribution in [0.3, 0.4) is 0 Å². The van der Waals surface area contributed by atoms with Gasteiger partial charge in [0.2, 0.25) is 11.8 Å². The highest BCUT2D eigenvalue weighted by Gasteiger charge is 2.06. The molecule has 118 valence electrons. The zero-order valence-electron chi connectivity index (χ0n) is 13.4. The minimum atomic E-state index is -0.0489. The lowest BCUT2D eigenvalue weighted by Gasteiger charge is -2.10. The van der Waals surface area contributed by atoms with E-state index in [0.717, 1.165) is 25.9 Å². The Labute approximate surface area is 122 Å². The first-order chi connectivity index (χ1) is 9.41. The van der Waals surface area contributed by atoms with E-state index in [1.165, 1.54) is 0 Å². The Hall–Kier alpha value is -1.14. The molecule has 0 aromatic carbocycles. The van der Waals surface area contributed by atoms with Gasteiger partial charge in [-0.1, -0.05) is 0 Å². The Morgan fingerprint density at radius 2 is 1.10 bits per heavy atom. The van der Waals surface area contributed by atoms with Gasteiger partial charge in [0.25, 0.3) is 0 Å². The average molecular weight is 286 g/mol. The van der Waals surface area contributed by atoms with Crippen molar-refractivity contribution in [3.8, 4) is 0 Å². The van der Waals surface area contributed by atoms with Gasteiger partial charge in [-0.05, 0) is 54.1 Å². The third kappa shape index (κ3) is 13.3. The quantitative estimate of drug-likeness (QED) is 0.521. The summed E-state index contributed by atoms with van der Waals surface area (Å²) in [5.41, 5.74) is 0. The molecule has 0 aliphatic carbocycles. The minimum absolute atomic E-state index is 0.0489. The zero-order valence-corrected chi connectivity index (χ0v) is 13.4. The van der Waals surface area contributed by atoms with Crippen molar-refractivity contribution in [1.29, 1.82) is 0 Å². The van der Waals surface area contributed by atoms with Gasteiger partial charge >= 0.3 is 0 Å². The van der Waals surface area contributed by atoms with E-state index in [1.807, 2.05) is 28.2 Å². The molecule has 0 aromatic rings. The Balaban J connectivity index is 3.46. The van der Waals surface area contributed by atoms with Crippen molar-refractivity contribution in [2.75, 3.05) is 54.4 Å². The number of rotatable bonds is 11. The molecule has 2 N–H and O–H groups in total. The van der Waals surface area contributed by atoms with Crippen LogP contribution in [-0.4, -0.2) is 76.0 Å². The second-order valence-corrected chi connectivity index (χ2v) is 5.51. The molecule has 0 saturated heterocycles. The molecular weight excluding hydrogens is 256 g/mol. The zero-order chi connectivity index (χ0) is 15.4. The molecule has 2 amide bonds. The van der Waals surface area contributed by atoms with Crippen molar-refractivity contribution in [1.82, 2.24) is 20.4 Å². The number of amides is 2. The Morgan fingerprint density at radius 1 is 0.750 bits per heavy atom. The molecule has 20 heavy (non-hydrogen) atoms. The second-order valence-electron chi connectivity index (χ2n) is 5.51. The van der Waals surface area contributed by atoms with Crippen molar-refractivity contribution in [2.24, 2.45) is 0 Å². The van der Waals surface area contributed by atoms with Crippen molar-refractivity contribution < 1.29 is 9.59 Å². The highest BCUT2D eigenvalue weighted by Crippen LogP contribution is 1.91. The first-order valence-corrected chi connectivity index (χ1v) is 7.24. The fourth-order valence-electron chi connectivity index (χ4n) is 1.65. The summed E-state index contributed by atoms with van der Waals surface area (Å²) in [4.78, 5) is 27.2. The maximum absolute atomic E-state index is 11.5. The monoisotopic (exact) mass is 286 g/mol. The van der Waals surface area contributed by atoms with E-state index in [1.54, 1.807) is 0 Å². The molecule has 0 aliphatic rings. The van der Waals surface area contributed by atoms with Gasteiger partial charge in [0.1, 0.15) is 0 Å². The molecule has 6 heteroatoms. The molecule has 0 fully saturated rings. The van der Waals surface area contributed by atoms with Gasteiger partial charge in [0, 0.05) is 25.9 Å². The Bertz CT molecular complexity index is 252. The maximum Gasteiger partial charge on any atom is 0.220 e. The predicted octanol–water partition coefficient (Wildman–Crippen LogP) is -0.0976. The molecule has 0 rings (SSSR count). The van der Waals surface area contributed by atoms with Gasteiger partial charge in [-0.15, -0.1) is 0 Å². The van der Waals surface area contributed by atoms with Gasteiger partial charge in [-0.3, -0.25) is 9.59 Å². The summed E-state index contributed by atoms with van der Waals surface area (Å²) in [6.07, 6.45) is 2.38. The van der Waals surface area contributed by atoms with Gasteiger partial charge in [-0.25, -0.2) is 0 Å². The third-order valence-corrected chi connectivity index (χ3v) is 2.79. The average Bonchev–Trinajstić information content (AvgIpc) is 2.37. The van der Waals surface area contributed by atoms with Gasteiger partial charge in [0.15, 0.2) is 0 Å². The van der Waals surface area contributed by atoms with Gasteiger partial charge in [0.05, 0.1) is 0 Å². The SMILES string of the molecule is CN(C)CCCNC(=O)CCC(=O)NCCCN(C)C. The highest BCUT2D eigenvalue weighted by molar-refractivity contribution is 5.83. The first kappa shape index (κ1) is 18.9.